The van der Waals surface area contributed by atoms with Gasteiger partial charge in [-0.1, -0.05) is 42.5 Å². The van der Waals surface area contributed by atoms with Gasteiger partial charge in [0.1, 0.15) is 5.75 Å². The zero-order chi connectivity index (χ0) is 22.9. The van der Waals surface area contributed by atoms with Crippen LogP contribution in [0.15, 0.2) is 79.0 Å². The van der Waals surface area contributed by atoms with E-state index in [1.165, 1.54) is 5.69 Å². The molecule has 1 saturated heterocycles. The van der Waals surface area contributed by atoms with E-state index in [2.05, 4.69) is 45.1 Å². The van der Waals surface area contributed by atoms with Crippen LogP contribution in [-0.2, 0) is 0 Å². The summed E-state index contributed by atoms with van der Waals surface area (Å²) in [6.45, 7) is 5.89. The molecule has 0 amide bonds. The first-order chi connectivity index (χ1) is 16.8. The van der Waals surface area contributed by atoms with Crippen molar-refractivity contribution in [3.8, 4) is 17.0 Å². The summed E-state index contributed by atoms with van der Waals surface area (Å²) in [7, 11) is 0. The predicted octanol–water partition coefficient (Wildman–Crippen LogP) is 5.04. The number of pyridine rings is 1. The van der Waals surface area contributed by atoms with Crippen LogP contribution in [0.2, 0.25) is 0 Å². The van der Waals surface area contributed by atoms with Gasteiger partial charge in [-0.15, -0.1) is 0 Å². The molecule has 4 aromatic rings. The van der Waals surface area contributed by atoms with Crippen molar-refractivity contribution in [2.24, 2.45) is 0 Å². The summed E-state index contributed by atoms with van der Waals surface area (Å²) in [6, 6.07) is 24.2. The summed E-state index contributed by atoms with van der Waals surface area (Å²) in [5.41, 5.74) is 4.49. The van der Waals surface area contributed by atoms with Crippen LogP contribution in [0.4, 0.5) is 5.69 Å². The average Bonchev–Trinajstić information content (AvgIpc) is 2.90. The molecule has 1 aliphatic heterocycles. The van der Waals surface area contributed by atoms with Crippen molar-refractivity contribution in [3.05, 3.63) is 90.1 Å². The molecule has 0 bridgehead atoms. The molecule has 1 aromatic heterocycles. The Morgan fingerprint density at radius 1 is 0.824 bits per heavy atom. The molecule has 2 aliphatic rings. The van der Waals surface area contributed by atoms with Crippen LogP contribution >= 0.6 is 0 Å². The monoisotopic (exact) mass is 449 g/mol. The number of benzene rings is 3. The molecule has 0 unspecified atom stereocenters. The lowest BCUT2D eigenvalue weighted by Gasteiger charge is -2.36. The summed E-state index contributed by atoms with van der Waals surface area (Å²) in [4.78, 5) is 22.8. The zero-order valence-corrected chi connectivity index (χ0v) is 19.1. The molecule has 34 heavy (non-hydrogen) atoms. The Kier molecular flexibility index (Phi) is 5.47. The molecule has 1 fully saturated rings. The van der Waals surface area contributed by atoms with E-state index in [9.17, 15) is 4.79 Å². The number of rotatable bonds is 6. The lowest BCUT2D eigenvalue weighted by atomic mass is 9.85. The van der Waals surface area contributed by atoms with E-state index in [0.717, 1.165) is 66.9 Å². The molecule has 2 heterocycles. The van der Waals surface area contributed by atoms with Crippen LogP contribution in [0.5, 0.6) is 5.75 Å². The largest absolute Gasteiger partial charge is 0.494 e. The third-order valence-electron chi connectivity index (χ3n) is 6.89. The second-order valence-electron chi connectivity index (χ2n) is 8.97. The number of carbonyl (C=O) groups excluding carboxylic acids is 1. The Hall–Kier alpha value is -3.70. The van der Waals surface area contributed by atoms with Gasteiger partial charge in [0.25, 0.3) is 0 Å². The van der Waals surface area contributed by atoms with E-state index < -0.39 is 0 Å². The van der Waals surface area contributed by atoms with Crippen LogP contribution in [0.3, 0.4) is 0 Å². The predicted molar refractivity (Wildman–Crippen MR) is 136 cm³/mol. The van der Waals surface area contributed by atoms with Gasteiger partial charge < -0.3 is 9.64 Å². The Bertz CT molecular complexity index is 1340. The van der Waals surface area contributed by atoms with Gasteiger partial charge in [0.15, 0.2) is 5.78 Å². The summed E-state index contributed by atoms with van der Waals surface area (Å²) in [5.74, 6) is 0.795. The molecule has 5 heteroatoms. The topological polar surface area (TPSA) is 45.7 Å². The number of fused-ring (bicyclic) bond motifs is 2. The van der Waals surface area contributed by atoms with E-state index in [-0.39, 0.29) is 5.78 Å². The van der Waals surface area contributed by atoms with Crippen LogP contribution in [-0.4, -0.2) is 55.0 Å². The second-order valence-corrected chi connectivity index (χ2v) is 8.97. The normalized spacial score (nSPS) is 15.4. The standard InChI is InChI=1S/C29H27N3O2/c33-29-25-10-5-4-9-24(25)28-27-21(11-12-30-28)19-23(20-26(27)29)34-18-6-13-31-14-16-32(17-15-31)22-7-2-1-3-8-22/h1-5,7-12,19-20H,6,13-18H2. The fourth-order valence-electron chi connectivity index (χ4n) is 5.14. The van der Waals surface area contributed by atoms with Crippen LogP contribution in [0.25, 0.3) is 22.0 Å². The number of aromatic nitrogens is 1. The maximum absolute atomic E-state index is 13.2. The van der Waals surface area contributed by atoms with Gasteiger partial charge in [-0.05, 0) is 42.1 Å². The number of hydrogen-bond donors (Lipinski definition) is 0. The molecule has 3 aromatic carbocycles. The smallest absolute Gasteiger partial charge is 0.194 e. The average molecular weight is 450 g/mol. The second kappa shape index (κ2) is 8.92. The summed E-state index contributed by atoms with van der Waals surface area (Å²) in [5, 5.41) is 1.92. The Morgan fingerprint density at radius 2 is 1.59 bits per heavy atom. The molecule has 0 spiro atoms. The van der Waals surface area contributed by atoms with Gasteiger partial charge in [0.2, 0.25) is 0 Å². The Labute approximate surface area is 199 Å². The molecule has 0 saturated carbocycles. The third-order valence-corrected chi connectivity index (χ3v) is 6.89. The van der Waals surface area contributed by atoms with E-state index >= 15 is 0 Å². The van der Waals surface area contributed by atoms with Crippen molar-refractivity contribution < 1.29 is 9.53 Å². The molecular weight excluding hydrogens is 422 g/mol. The van der Waals surface area contributed by atoms with E-state index in [1.807, 2.05) is 48.7 Å². The van der Waals surface area contributed by atoms with Gasteiger partial charge in [-0.25, -0.2) is 0 Å². The SMILES string of the molecule is O=C1c2ccccc2-c2nccc3cc(OCCCN4CCN(c5ccccc5)CC4)cc1c23. The van der Waals surface area contributed by atoms with Gasteiger partial charge >= 0.3 is 0 Å². The highest BCUT2D eigenvalue weighted by molar-refractivity contribution is 6.25. The minimum absolute atomic E-state index is 0.0443. The highest BCUT2D eigenvalue weighted by Crippen LogP contribution is 2.39. The van der Waals surface area contributed by atoms with E-state index in [4.69, 9.17) is 4.74 Å². The first-order valence-electron chi connectivity index (χ1n) is 12.0. The maximum atomic E-state index is 13.2. The van der Waals surface area contributed by atoms with Crippen molar-refractivity contribution >= 4 is 22.2 Å². The highest BCUT2D eigenvalue weighted by atomic mass is 16.5. The van der Waals surface area contributed by atoms with E-state index in [1.54, 1.807) is 0 Å². The first-order valence-corrected chi connectivity index (χ1v) is 12.0. The molecule has 0 N–H and O–H groups in total. The number of ketones is 1. The number of piperazine rings is 1. The quantitative estimate of drug-likeness (QED) is 0.340. The summed E-state index contributed by atoms with van der Waals surface area (Å²) < 4.78 is 6.13. The number of ether oxygens (including phenoxy) is 1. The first kappa shape index (κ1) is 20.9. The van der Waals surface area contributed by atoms with Crippen molar-refractivity contribution in [2.45, 2.75) is 6.42 Å². The van der Waals surface area contributed by atoms with Gasteiger partial charge in [-0.3, -0.25) is 14.7 Å². The van der Waals surface area contributed by atoms with Crippen LogP contribution in [0, 0.1) is 0 Å². The Balaban J connectivity index is 1.09. The number of para-hydroxylation sites is 1. The molecule has 6 rings (SSSR count). The Morgan fingerprint density at radius 3 is 2.41 bits per heavy atom. The van der Waals surface area contributed by atoms with Gasteiger partial charge in [-0.2, -0.15) is 0 Å². The lowest BCUT2D eigenvalue weighted by molar-refractivity contribution is 0.103. The fourth-order valence-corrected chi connectivity index (χ4v) is 5.14. The minimum Gasteiger partial charge on any atom is -0.494 e. The molecule has 170 valence electrons. The highest BCUT2D eigenvalue weighted by Gasteiger charge is 2.26. The van der Waals surface area contributed by atoms with Crippen LogP contribution < -0.4 is 9.64 Å². The number of carbonyl (C=O) groups is 1. The minimum atomic E-state index is 0.0443. The lowest BCUT2D eigenvalue weighted by Crippen LogP contribution is -2.46. The van der Waals surface area contributed by atoms with Gasteiger partial charge in [0.05, 0.1) is 12.3 Å². The summed E-state index contributed by atoms with van der Waals surface area (Å²) >= 11 is 0. The van der Waals surface area contributed by atoms with E-state index in [0.29, 0.717) is 17.7 Å². The van der Waals surface area contributed by atoms with Crippen molar-refractivity contribution in [1.29, 1.82) is 0 Å². The molecular formula is C29H27N3O2. The summed E-state index contributed by atoms with van der Waals surface area (Å²) in [6.07, 6.45) is 2.77. The van der Waals surface area contributed by atoms with Crippen molar-refractivity contribution in [3.63, 3.8) is 0 Å². The fraction of sp³-hybridized carbons (Fsp3) is 0.241. The molecule has 5 nitrogen and oxygen atoms in total. The van der Waals surface area contributed by atoms with Crippen molar-refractivity contribution in [1.82, 2.24) is 9.88 Å². The maximum Gasteiger partial charge on any atom is 0.194 e. The molecule has 1 aliphatic carbocycles. The molecule has 0 atom stereocenters. The molecule has 0 radical (unpaired) electrons. The number of hydrogen-bond acceptors (Lipinski definition) is 5. The van der Waals surface area contributed by atoms with Crippen molar-refractivity contribution in [2.75, 3.05) is 44.2 Å². The zero-order valence-electron chi connectivity index (χ0n) is 19.1. The number of anilines is 1. The third kappa shape index (κ3) is 3.82. The van der Waals surface area contributed by atoms with Gasteiger partial charge in [0, 0.05) is 66.7 Å². The number of nitrogens with zero attached hydrogens (tertiary/aromatic N) is 3. The van der Waals surface area contributed by atoms with Crippen LogP contribution in [0.1, 0.15) is 22.3 Å².